The smallest absolute Gasteiger partial charge is 0.264 e. The average molecular weight is 598 g/mol. The maximum atomic E-state index is 14.2. The molecule has 7 nitrogen and oxygen atoms in total. The first-order valence-corrected chi connectivity index (χ1v) is 15.7. The van der Waals surface area contributed by atoms with E-state index in [1.807, 2.05) is 47.6 Å². The molecule has 0 fully saturated rings. The van der Waals surface area contributed by atoms with Crippen molar-refractivity contribution in [3.63, 3.8) is 0 Å². The van der Waals surface area contributed by atoms with Gasteiger partial charge in [-0.3, -0.25) is 13.9 Å². The normalized spacial score (nSPS) is 12.9. The first kappa shape index (κ1) is 32.2. The van der Waals surface area contributed by atoms with Crippen molar-refractivity contribution in [3.8, 4) is 0 Å². The van der Waals surface area contributed by atoms with Gasteiger partial charge in [0.25, 0.3) is 10.0 Å². The van der Waals surface area contributed by atoms with Crippen LogP contribution in [0.2, 0.25) is 5.02 Å². The molecule has 9 heteroatoms. The molecule has 0 aliphatic rings. The fourth-order valence-electron chi connectivity index (χ4n) is 4.39. The minimum atomic E-state index is -4.12. The maximum absolute atomic E-state index is 14.2. The molecule has 1 N–H and O–H groups in total. The van der Waals surface area contributed by atoms with Gasteiger partial charge in [-0.25, -0.2) is 8.42 Å². The fraction of sp³-hybridized carbons (Fsp3) is 0.375. The number of carbonyl (C=O) groups excluding carboxylic acids is 2. The van der Waals surface area contributed by atoms with Crippen LogP contribution in [0.5, 0.6) is 0 Å². The Labute approximate surface area is 249 Å². The quantitative estimate of drug-likeness (QED) is 0.270. The third-order valence-electron chi connectivity index (χ3n) is 7.32. The second-order valence-corrected chi connectivity index (χ2v) is 12.8. The number of rotatable bonds is 12. The third kappa shape index (κ3) is 8.11. The minimum Gasteiger partial charge on any atom is -0.352 e. The van der Waals surface area contributed by atoms with Gasteiger partial charge in [0.1, 0.15) is 12.6 Å². The van der Waals surface area contributed by atoms with Crippen LogP contribution in [0.15, 0.2) is 71.6 Å². The van der Waals surface area contributed by atoms with E-state index >= 15 is 0 Å². The molecule has 3 rings (SSSR count). The third-order valence-corrected chi connectivity index (χ3v) is 9.36. The molecule has 0 heterocycles. The number of sulfonamides is 1. The largest absolute Gasteiger partial charge is 0.352 e. The molecule has 2 atom stereocenters. The lowest BCUT2D eigenvalue weighted by atomic mass is 10.1. The molecule has 0 aromatic heterocycles. The molecule has 0 spiro atoms. The van der Waals surface area contributed by atoms with Crippen LogP contribution in [-0.2, 0) is 26.2 Å². The molecule has 2 amide bonds. The van der Waals surface area contributed by atoms with E-state index in [0.717, 1.165) is 33.0 Å². The number of amides is 2. The second-order valence-electron chi connectivity index (χ2n) is 10.5. The van der Waals surface area contributed by atoms with E-state index in [9.17, 15) is 18.0 Å². The van der Waals surface area contributed by atoms with Gasteiger partial charge in [-0.05, 0) is 93.6 Å². The van der Waals surface area contributed by atoms with Gasteiger partial charge in [0, 0.05) is 17.6 Å². The van der Waals surface area contributed by atoms with Crippen molar-refractivity contribution >= 4 is 39.1 Å². The molecular formula is C32H40ClN3O4S. The first-order valence-electron chi connectivity index (χ1n) is 13.9. The second kappa shape index (κ2) is 14.0. The first-order chi connectivity index (χ1) is 19.4. The summed E-state index contributed by atoms with van der Waals surface area (Å²) in [4.78, 5) is 29.1. The molecule has 3 aromatic carbocycles. The van der Waals surface area contributed by atoms with E-state index in [0.29, 0.717) is 17.1 Å². The monoisotopic (exact) mass is 597 g/mol. The van der Waals surface area contributed by atoms with Crippen LogP contribution in [0, 0.1) is 20.8 Å². The standard InChI is InChI=1S/C32H40ClN3O4S/c1-7-25(6)34-32(38)30(8-2)35(20-26-12-14-27(33)15-13-26)31(37)21-36(28-16-11-23(4)24(5)19-28)41(39,40)29-17-9-22(3)10-18-29/h9-19,25,30H,7-8,20-21H2,1-6H3,(H,34,38)/t25-,30+/m1/s1. The molecule has 41 heavy (non-hydrogen) atoms. The molecule has 0 bridgehead atoms. The summed E-state index contributed by atoms with van der Waals surface area (Å²) in [6.07, 6.45) is 1.10. The van der Waals surface area contributed by atoms with Crippen molar-refractivity contribution < 1.29 is 18.0 Å². The van der Waals surface area contributed by atoms with Gasteiger partial charge in [0.15, 0.2) is 0 Å². The van der Waals surface area contributed by atoms with Crippen LogP contribution in [0.25, 0.3) is 0 Å². The summed E-state index contributed by atoms with van der Waals surface area (Å²) in [7, 11) is -4.12. The number of nitrogens with zero attached hydrogens (tertiary/aromatic N) is 2. The van der Waals surface area contributed by atoms with E-state index in [4.69, 9.17) is 11.6 Å². The summed E-state index contributed by atoms with van der Waals surface area (Å²) < 4.78 is 29.2. The Kier molecular flexibility index (Phi) is 11.0. The highest BCUT2D eigenvalue weighted by atomic mass is 35.5. The van der Waals surface area contributed by atoms with Gasteiger partial charge in [0.05, 0.1) is 10.6 Å². The lowest BCUT2D eigenvalue weighted by molar-refractivity contribution is -0.140. The number of anilines is 1. The predicted molar refractivity (Wildman–Crippen MR) is 166 cm³/mol. The Morgan fingerprint density at radius 2 is 1.51 bits per heavy atom. The number of carbonyl (C=O) groups is 2. The van der Waals surface area contributed by atoms with Crippen LogP contribution in [0.1, 0.15) is 55.9 Å². The Hall–Kier alpha value is -3.36. The molecule has 0 saturated heterocycles. The Bertz CT molecular complexity index is 1460. The molecular weight excluding hydrogens is 558 g/mol. The summed E-state index contributed by atoms with van der Waals surface area (Å²) in [6.45, 7) is 11.1. The van der Waals surface area contributed by atoms with Crippen LogP contribution >= 0.6 is 11.6 Å². The molecule has 0 radical (unpaired) electrons. The van der Waals surface area contributed by atoms with Crippen molar-refractivity contribution in [2.75, 3.05) is 10.8 Å². The highest BCUT2D eigenvalue weighted by Crippen LogP contribution is 2.27. The highest BCUT2D eigenvalue weighted by Gasteiger charge is 2.34. The van der Waals surface area contributed by atoms with Crippen molar-refractivity contribution in [3.05, 3.63) is 94.0 Å². The lowest BCUT2D eigenvalue weighted by Gasteiger charge is -2.34. The number of benzene rings is 3. The van der Waals surface area contributed by atoms with E-state index in [1.54, 1.807) is 60.7 Å². The average Bonchev–Trinajstić information content (AvgIpc) is 2.94. The molecule has 0 saturated carbocycles. The van der Waals surface area contributed by atoms with Gasteiger partial charge < -0.3 is 10.2 Å². The minimum absolute atomic E-state index is 0.0713. The van der Waals surface area contributed by atoms with Gasteiger partial charge in [-0.2, -0.15) is 0 Å². The van der Waals surface area contributed by atoms with E-state index in [-0.39, 0.29) is 23.4 Å². The van der Waals surface area contributed by atoms with Gasteiger partial charge in [-0.15, -0.1) is 0 Å². The maximum Gasteiger partial charge on any atom is 0.264 e. The van der Waals surface area contributed by atoms with Crippen molar-refractivity contribution in [2.45, 2.75) is 77.9 Å². The highest BCUT2D eigenvalue weighted by molar-refractivity contribution is 7.92. The molecule has 0 aliphatic heterocycles. The van der Waals surface area contributed by atoms with Crippen LogP contribution < -0.4 is 9.62 Å². The summed E-state index contributed by atoms with van der Waals surface area (Å²) in [5.41, 5.74) is 3.98. The number of aryl methyl sites for hydroxylation is 3. The SMILES string of the molecule is CC[C@@H](C)NC(=O)[C@H](CC)N(Cc1ccc(Cl)cc1)C(=O)CN(c1ccc(C)c(C)c1)S(=O)(=O)c1ccc(C)cc1. The zero-order valence-corrected chi connectivity index (χ0v) is 26.2. The zero-order chi connectivity index (χ0) is 30.3. The summed E-state index contributed by atoms with van der Waals surface area (Å²) in [5.74, 6) is -0.761. The van der Waals surface area contributed by atoms with Crippen LogP contribution in [0.4, 0.5) is 5.69 Å². The van der Waals surface area contributed by atoms with Crippen LogP contribution in [0.3, 0.4) is 0 Å². The van der Waals surface area contributed by atoms with Crippen molar-refractivity contribution in [2.24, 2.45) is 0 Å². The zero-order valence-electron chi connectivity index (χ0n) is 24.6. The van der Waals surface area contributed by atoms with Crippen LogP contribution in [-0.4, -0.2) is 43.8 Å². The van der Waals surface area contributed by atoms with E-state index < -0.39 is 28.5 Å². The topological polar surface area (TPSA) is 86.8 Å². The Balaban J connectivity index is 2.08. The molecule has 0 aliphatic carbocycles. The van der Waals surface area contributed by atoms with Crippen molar-refractivity contribution in [1.29, 1.82) is 0 Å². The van der Waals surface area contributed by atoms with Gasteiger partial charge in [-0.1, -0.05) is 61.3 Å². The Morgan fingerprint density at radius 3 is 2.07 bits per heavy atom. The van der Waals surface area contributed by atoms with Gasteiger partial charge >= 0.3 is 0 Å². The lowest BCUT2D eigenvalue weighted by Crippen LogP contribution is -2.53. The molecule has 0 unspecified atom stereocenters. The Morgan fingerprint density at radius 1 is 0.878 bits per heavy atom. The number of hydrogen-bond acceptors (Lipinski definition) is 4. The van der Waals surface area contributed by atoms with Gasteiger partial charge in [0.2, 0.25) is 11.8 Å². The number of halogens is 1. The molecule has 220 valence electrons. The van der Waals surface area contributed by atoms with E-state index in [1.165, 1.54) is 4.90 Å². The summed E-state index contributed by atoms with van der Waals surface area (Å²) >= 11 is 6.08. The summed E-state index contributed by atoms with van der Waals surface area (Å²) in [6, 6.07) is 18.0. The fourth-order valence-corrected chi connectivity index (χ4v) is 5.93. The number of nitrogens with one attached hydrogen (secondary N) is 1. The molecule has 3 aromatic rings. The van der Waals surface area contributed by atoms with Crippen molar-refractivity contribution in [1.82, 2.24) is 10.2 Å². The summed E-state index contributed by atoms with van der Waals surface area (Å²) in [5, 5.41) is 3.54. The van der Waals surface area contributed by atoms with E-state index in [2.05, 4.69) is 5.32 Å². The predicted octanol–water partition coefficient (Wildman–Crippen LogP) is 6.18. The number of hydrogen-bond donors (Lipinski definition) is 1.